The van der Waals surface area contributed by atoms with E-state index in [1.807, 2.05) is 0 Å². The zero-order chi connectivity index (χ0) is 92.0. The molecule has 0 radical (unpaired) electrons. The second kappa shape index (κ2) is 62.8. The number of hydrogen-bond donors (Lipinski definition) is 5. The normalized spacial score (nSPS) is 27.3. The number of ether oxygens (including phenoxy) is 6. The minimum Gasteiger partial charge on any atom is -0.860 e. The minimum absolute atomic E-state index is 0. The van der Waals surface area contributed by atoms with Crippen LogP contribution >= 0.6 is 0 Å². The van der Waals surface area contributed by atoms with Crippen molar-refractivity contribution in [3.05, 3.63) is 35.9 Å². The predicted octanol–water partition coefficient (Wildman–Crippen LogP) is -52.7. The fourth-order valence-electron chi connectivity index (χ4n) is 10.7. The molecule has 0 aliphatic carbocycles. The van der Waals surface area contributed by atoms with Crippen LogP contribution in [0.25, 0.3) is 0 Å². The van der Waals surface area contributed by atoms with Gasteiger partial charge in [0.15, 0.2) is 6.04 Å². The molecule has 0 saturated carbocycles. The molecule has 4 fully saturated rings. The average molecular weight is 2260 g/mol. The monoisotopic (exact) mass is 2260 g/mol. The molecule has 65 nitrogen and oxygen atoms in total. The molecule has 132 heavy (non-hydrogen) atoms. The van der Waals surface area contributed by atoms with Gasteiger partial charge < -0.3 is 85.8 Å². The van der Waals surface area contributed by atoms with Crippen LogP contribution in [-0.2, 0) is 215 Å². The van der Waals surface area contributed by atoms with E-state index in [0.29, 0.717) is 7.11 Å². The minimum atomic E-state index is -6.90. The molecule has 0 unspecified atom stereocenters. The van der Waals surface area contributed by atoms with Gasteiger partial charge in [0.25, 0.3) is 0 Å². The SMILES string of the molecule is COC(=O)[C@H](Cc1ccccc1)N=C([O-])[C@@H]1O[C@H](CN=C([O-])[C@@H]2O[C@H](CN=C([O-])[C@@H]3O[C@H](CN=C([O-])[C@@H]4O[C@H](CN=C([O-])OC(C)(C)C)[C@@H](OS(=O)(=O)[O-])[C@H](OS(=O)(=O)[O-])[C@H]4OS(=O)(=O)O)[C@@H](OS(=O)(=O)[O-])[C@H](OS(=O)(=O)[O-])[C@H]3OS(=O)(=O)O)[C@@H](OS(=O)(=O)[O-])[C@H](OS(=O)(=O)[O-])[C@H]2OS(=O)(=O)O)[C@@H](OS(=O)(=O)[O-])[C@H](OS(=O)(=O)O)[C@H]1OS(=O)(=O)O.[Na+].[Na+].[Na+].[Na+].[Na+].[Na+].[Na+].[Na+].[Na+].[Na+].[Na+].[Na+]. The molecule has 0 aromatic heterocycles. The van der Waals surface area contributed by atoms with Crippen LogP contribution in [0.3, 0.4) is 0 Å². The Hall–Kier alpha value is 6.12. The van der Waals surface area contributed by atoms with Crippen LogP contribution < -0.4 is 380 Å². The number of hydrogen-bond acceptors (Lipinski definition) is 60. The first-order chi connectivity index (χ1) is 54.0. The molecule has 1 aromatic rings. The van der Waals surface area contributed by atoms with Crippen LogP contribution in [0.1, 0.15) is 26.3 Å². The summed E-state index contributed by atoms with van der Waals surface area (Å²) in [5.74, 6) is -11.6. The summed E-state index contributed by atoms with van der Waals surface area (Å²) >= 11 is 0. The number of rotatable bonds is 40. The third-order valence-electron chi connectivity index (χ3n) is 14.4. The van der Waals surface area contributed by atoms with Gasteiger partial charge in [0, 0.05) is 12.0 Å². The number of benzene rings is 1. The van der Waals surface area contributed by atoms with Crippen molar-refractivity contribution in [2.75, 3.05) is 33.3 Å². The number of carbonyl (C=O) groups is 1. The zero-order valence-corrected chi connectivity index (χ0v) is 104. The van der Waals surface area contributed by atoms with Crippen LogP contribution in [0.4, 0.5) is 0 Å². The van der Waals surface area contributed by atoms with E-state index in [0.717, 1.165) is 0 Å². The molecule has 4 aliphatic rings. The van der Waals surface area contributed by atoms with Crippen LogP contribution in [-0.4, -0.2) is 358 Å². The van der Waals surface area contributed by atoms with Gasteiger partial charge in [0.1, 0.15) is 128 Å². The number of carbonyl (C=O) groups excluding carboxylic acids is 1. The Balaban J connectivity index is -0.00000214. The van der Waals surface area contributed by atoms with E-state index >= 15 is 0 Å². The van der Waals surface area contributed by atoms with E-state index in [1.165, 1.54) is 51.1 Å². The van der Waals surface area contributed by atoms with Crippen molar-refractivity contribution in [3.63, 3.8) is 0 Å². The second-order valence-corrected chi connectivity index (χ2v) is 36.5. The summed E-state index contributed by atoms with van der Waals surface area (Å²) in [7, 11) is -78.9. The molecule has 0 amide bonds. The van der Waals surface area contributed by atoms with E-state index < -0.39 is 327 Å². The number of nitrogens with zero attached hydrogens (tertiary/aromatic N) is 5. The summed E-state index contributed by atoms with van der Waals surface area (Å²) in [6.07, 6.45) is -73.5. The number of esters is 1. The van der Waals surface area contributed by atoms with E-state index in [4.69, 9.17) is 23.7 Å². The maximum absolute atomic E-state index is 14.6. The molecular formula is C43H53N5Na12O60S12. The topological polar surface area (TPSA) is 1030 Å². The van der Waals surface area contributed by atoms with Gasteiger partial charge >= 0.3 is 413 Å². The van der Waals surface area contributed by atoms with Gasteiger partial charge in [0.2, 0.25) is 72.8 Å². The quantitative estimate of drug-likeness (QED) is 0.0102. The molecule has 4 saturated heterocycles. The van der Waals surface area contributed by atoms with Crippen LogP contribution in [0.2, 0.25) is 0 Å². The molecule has 5 rings (SSSR count). The van der Waals surface area contributed by atoms with Gasteiger partial charge in [-0.3, -0.25) is 77.0 Å². The largest absolute Gasteiger partial charge is 1.00 e. The summed E-state index contributed by atoms with van der Waals surface area (Å²) in [4.78, 5) is 28.9. The van der Waals surface area contributed by atoms with E-state index in [2.05, 4.69) is 79.9 Å². The van der Waals surface area contributed by atoms with Gasteiger partial charge in [-0.2, -0.15) is 42.1 Å². The van der Waals surface area contributed by atoms with Crippen LogP contribution in [0.5, 0.6) is 0 Å². The Morgan fingerprint density at radius 3 is 0.750 bits per heavy atom. The Labute approximate surface area is 1020 Å². The summed E-state index contributed by atoms with van der Waals surface area (Å²) in [5.41, 5.74) is -1.43. The van der Waals surface area contributed by atoms with Crippen molar-refractivity contribution >= 4 is 160 Å². The van der Waals surface area contributed by atoms with Crippen LogP contribution in [0.15, 0.2) is 55.3 Å². The Morgan fingerprint density at radius 1 is 0.333 bits per heavy atom. The zero-order valence-electron chi connectivity index (χ0n) is 70.4. The van der Waals surface area contributed by atoms with E-state index in [1.54, 1.807) is 0 Å². The number of aliphatic imine (C=N–C) groups is 5. The maximum Gasteiger partial charge on any atom is 1.00 e. The van der Waals surface area contributed by atoms with Crippen molar-refractivity contribution in [2.45, 2.75) is 161 Å². The molecule has 21 atom stereocenters. The average Bonchev–Trinajstić information content (AvgIpc) is 0.768. The first kappa shape index (κ1) is 153. The maximum atomic E-state index is 14.6. The standard InChI is InChI=1S/C43H65N5O60S12.12Na/c1-43(2,3)96-42(54)47-14-20-24(100-112(64,65)66)27(103-115(73,74)75)31(107-119(85,86)87)35(94-20)39(51)45-12-18-22(98-110(58,59)60)25(101-113(67,68)69)29(105-117(79,80)81)33(92-18)37(49)44-11-17-21(97-109(55,56)57)26(102-114(70,71)72)30(106-118(82,83)84)34(93-17)38(50)46-13-19-23(99-111(61,62)63)28(104-116(76,77)78)32(108-120(88,89)90)36(95-19)40(52)48-16(41(53)91-4)10-15-8-6-5-7-9-15;;;;;;;;;;;;/h5-9,16-36H,10-14H2,1-4H3,(H,44,49)(H,45,51)(H,46,50)(H,47,54)(H,48,52)(H,55,56,57)(H,58,59,60)(H,61,62,63)(H,64,65,66)(H,67,68,69)(H,70,71,72)(H,73,74,75)(H,76,77,78)(H,79,80,81)(H,82,83,84)(H,85,86,87)(H,88,89,90);;;;;;;;;;;;/q;12*+1/p-12/t16-,17+,18+,19+,20+,21+,22+,23+,24+,25-,26-,27-,28-,29+,30+,31+,32+,33+,34+,35+,36+;;;;;;;;;;;;/m0............/s1. The van der Waals surface area contributed by atoms with Crippen molar-refractivity contribution < 1.29 is 619 Å². The summed E-state index contributed by atoms with van der Waals surface area (Å²) in [6.45, 7) is -5.02. The summed E-state index contributed by atoms with van der Waals surface area (Å²) in [5, 5.41) is 70.3. The molecule has 4 aliphatic heterocycles. The summed E-state index contributed by atoms with van der Waals surface area (Å²) < 4.78 is 511. The van der Waals surface area contributed by atoms with Crippen molar-refractivity contribution in [1.29, 1.82) is 0 Å². The number of methoxy groups -OCH3 is 1. The Bertz CT molecular complexity index is 5510. The molecule has 5 N–H and O–H groups in total. The fraction of sp³-hybridized carbons (Fsp3) is 0.721. The fourth-order valence-corrected chi connectivity index (χ4v) is 16.6. The molecule has 694 valence electrons. The Morgan fingerprint density at radius 2 is 0.538 bits per heavy atom. The molecule has 4 heterocycles. The van der Waals surface area contributed by atoms with Crippen molar-refractivity contribution in [3.8, 4) is 0 Å². The van der Waals surface area contributed by atoms with Gasteiger partial charge in [-0.15, -0.1) is 0 Å². The first-order valence-corrected chi connectivity index (χ1v) is 46.4. The van der Waals surface area contributed by atoms with Crippen LogP contribution in [0, 0.1) is 0 Å². The molecule has 0 bridgehead atoms. The van der Waals surface area contributed by atoms with Gasteiger partial charge in [0.05, 0.1) is 33.3 Å². The molecular weight excluding hydrogens is 2210 g/mol. The molecule has 0 spiro atoms. The van der Waals surface area contributed by atoms with Gasteiger partial charge in [-0.25, -0.2) is 84.6 Å². The van der Waals surface area contributed by atoms with Gasteiger partial charge in [-0.1, -0.05) is 51.1 Å². The summed E-state index contributed by atoms with van der Waals surface area (Å²) in [6, 6.07) is 4.43. The van der Waals surface area contributed by atoms with Crippen molar-refractivity contribution in [1.82, 2.24) is 0 Å². The third-order valence-corrected chi connectivity index (χ3v) is 19.9. The predicted molar refractivity (Wildman–Crippen MR) is 342 cm³/mol. The smallest absolute Gasteiger partial charge is 0.860 e. The Kier molecular flexibility index (Phi) is 73.0. The molecule has 1 aromatic carbocycles. The van der Waals surface area contributed by atoms with E-state index in [9.17, 15) is 186 Å². The molecule has 89 heteroatoms. The van der Waals surface area contributed by atoms with E-state index in [-0.39, 0.29) is 360 Å². The first-order valence-electron chi connectivity index (χ1n) is 30.3. The van der Waals surface area contributed by atoms with Gasteiger partial charge in [-0.05, 0) is 29.2 Å². The second-order valence-electron chi connectivity index (χ2n) is 24.2. The third kappa shape index (κ3) is 56.8. The van der Waals surface area contributed by atoms with Crippen molar-refractivity contribution in [2.24, 2.45) is 25.0 Å².